The van der Waals surface area contributed by atoms with Gasteiger partial charge in [-0.3, -0.25) is 9.85 Å². The molecule has 0 atom stereocenters. The van der Waals surface area contributed by atoms with E-state index in [4.69, 9.17) is 10.7 Å². The lowest BCUT2D eigenvalue weighted by Gasteiger charge is -2.29. The van der Waals surface area contributed by atoms with E-state index in [0.29, 0.717) is 0 Å². The number of para-hydroxylation sites is 1. The van der Waals surface area contributed by atoms with Crippen LogP contribution < -0.4 is 15.9 Å². The molecule has 2 rings (SSSR count). The fraction of sp³-hybridized carbons (Fsp3) is 0.111. The Bertz CT molecular complexity index is 380. The molecule has 4 nitrogen and oxygen atoms in total. The SMILES string of the molecule is CON1C=CN(N)c2cccc(Br)c21. The molecular formula is C9H10BrN3O. The van der Waals surface area contributed by atoms with E-state index >= 15 is 0 Å². The first-order chi connectivity index (χ1) is 6.74. The molecule has 0 aliphatic carbocycles. The first-order valence-corrected chi connectivity index (χ1v) is 4.87. The second kappa shape index (κ2) is 3.61. The van der Waals surface area contributed by atoms with Crippen molar-refractivity contribution >= 4 is 27.3 Å². The molecule has 1 aliphatic heterocycles. The first-order valence-electron chi connectivity index (χ1n) is 4.08. The highest BCUT2D eigenvalue weighted by molar-refractivity contribution is 9.10. The second-order valence-corrected chi connectivity index (χ2v) is 3.68. The van der Waals surface area contributed by atoms with Gasteiger partial charge >= 0.3 is 0 Å². The molecule has 1 aliphatic rings. The number of halogens is 1. The number of anilines is 2. The van der Waals surface area contributed by atoms with Crippen LogP contribution in [-0.4, -0.2) is 7.11 Å². The monoisotopic (exact) mass is 255 g/mol. The predicted octanol–water partition coefficient (Wildman–Crippen LogP) is 1.98. The summed E-state index contributed by atoms with van der Waals surface area (Å²) in [5.41, 5.74) is 1.80. The summed E-state index contributed by atoms with van der Waals surface area (Å²) in [4.78, 5) is 5.18. The lowest BCUT2D eigenvalue weighted by atomic mass is 10.2. The Hall–Kier alpha value is -1.04. The van der Waals surface area contributed by atoms with Crippen molar-refractivity contribution < 1.29 is 4.84 Å². The van der Waals surface area contributed by atoms with Crippen LogP contribution in [0.25, 0.3) is 0 Å². The summed E-state index contributed by atoms with van der Waals surface area (Å²) in [6.07, 6.45) is 3.49. The predicted molar refractivity (Wildman–Crippen MR) is 59.4 cm³/mol. The quantitative estimate of drug-likeness (QED) is 0.780. The Balaban J connectivity index is 2.57. The molecule has 0 bridgehead atoms. The second-order valence-electron chi connectivity index (χ2n) is 2.82. The number of hydrogen-bond donors (Lipinski definition) is 1. The topological polar surface area (TPSA) is 41.7 Å². The van der Waals surface area contributed by atoms with E-state index in [2.05, 4.69) is 15.9 Å². The van der Waals surface area contributed by atoms with Crippen molar-refractivity contribution in [2.45, 2.75) is 0 Å². The fourth-order valence-corrected chi connectivity index (χ4v) is 1.90. The highest BCUT2D eigenvalue weighted by atomic mass is 79.9. The molecule has 0 saturated heterocycles. The number of hydrogen-bond acceptors (Lipinski definition) is 4. The van der Waals surface area contributed by atoms with Crippen molar-refractivity contribution in [2.24, 2.45) is 5.84 Å². The molecule has 0 radical (unpaired) electrons. The Morgan fingerprint density at radius 1 is 1.36 bits per heavy atom. The average molecular weight is 256 g/mol. The van der Waals surface area contributed by atoms with Crippen LogP contribution in [0.5, 0.6) is 0 Å². The Morgan fingerprint density at radius 2 is 2.14 bits per heavy atom. The third-order valence-corrected chi connectivity index (χ3v) is 2.66. The Labute approximate surface area is 90.6 Å². The van der Waals surface area contributed by atoms with E-state index < -0.39 is 0 Å². The number of nitrogens with two attached hydrogens (primary N) is 1. The molecule has 0 aromatic heterocycles. The maximum atomic E-state index is 5.78. The van der Waals surface area contributed by atoms with Crippen LogP contribution in [-0.2, 0) is 4.84 Å². The van der Waals surface area contributed by atoms with Crippen molar-refractivity contribution in [1.82, 2.24) is 0 Å². The molecular weight excluding hydrogens is 246 g/mol. The molecule has 0 saturated carbocycles. The number of hydroxylamine groups is 1. The number of fused-ring (bicyclic) bond motifs is 1. The van der Waals surface area contributed by atoms with Crippen LogP contribution in [0.15, 0.2) is 35.1 Å². The maximum Gasteiger partial charge on any atom is 0.108 e. The van der Waals surface area contributed by atoms with Crippen LogP contribution in [0.3, 0.4) is 0 Å². The summed E-state index contributed by atoms with van der Waals surface area (Å²) in [7, 11) is 1.61. The van der Waals surface area contributed by atoms with Gasteiger partial charge in [-0.1, -0.05) is 6.07 Å². The summed E-state index contributed by atoms with van der Waals surface area (Å²) < 4.78 is 0.941. The van der Waals surface area contributed by atoms with Crippen LogP contribution in [0.4, 0.5) is 11.4 Å². The van der Waals surface area contributed by atoms with Gasteiger partial charge in [0.15, 0.2) is 0 Å². The van der Waals surface area contributed by atoms with Gasteiger partial charge in [-0.25, -0.2) is 10.9 Å². The lowest BCUT2D eigenvalue weighted by molar-refractivity contribution is 0.196. The Kier molecular flexibility index (Phi) is 2.45. The van der Waals surface area contributed by atoms with E-state index in [1.165, 1.54) is 0 Å². The number of benzene rings is 1. The third-order valence-electron chi connectivity index (χ3n) is 2.02. The molecule has 0 unspecified atom stereocenters. The van der Waals surface area contributed by atoms with Crippen molar-refractivity contribution in [2.75, 3.05) is 17.2 Å². The number of nitrogens with zero attached hydrogens (tertiary/aromatic N) is 2. The smallest absolute Gasteiger partial charge is 0.108 e. The Morgan fingerprint density at radius 3 is 2.86 bits per heavy atom. The maximum absolute atomic E-state index is 5.78. The zero-order valence-electron chi connectivity index (χ0n) is 7.64. The minimum atomic E-state index is 0.892. The number of rotatable bonds is 1. The van der Waals surface area contributed by atoms with Crippen LogP contribution >= 0.6 is 15.9 Å². The average Bonchev–Trinajstić information content (AvgIpc) is 2.20. The molecule has 74 valence electrons. The molecule has 1 aromatic rings. The summed E-state index contributed by atoms with van der Waals surface area (Å²) >= 11 is 3.45. The van der Waals surface area contributed by atoms with Crippen LogP contribution in [0, 0.1) is 0 Å². The minimum Gasteiger partial charge on any atom is -0.283 e. The van der Waals surface area contributed by atoms with E-state index in [1.54, 1.807) is 29.6 Å². The summed E-state index contributed by atoms with van der Waals surface area (Å²) in [5, 5.41) is 3.21. The molecule has 14 heavy (non-hydrogen) atoms. The van der Waals surface area contributed by atoms with Crippen molar-refractivity contribution in [3.05, 3.63) is 35.1 Å². The van der Waals surface area contributed by atoms with Gasteiger partial charge in [0.2, 0.25) is 0 Å². The van der Waals surface area contributed by atoms with Crippen LogP contribution in [0.1, 0.15) is 0 Å². The molecule has 5 heteroatoms. The largest absolute Gasteiger partial charge is 0.283 e. The highest BCUT2D eigenvalue weighted by Gasteiger charge is 2.18. The van der Waals surface area contributed by atoms with Gasteiger partial charge < -0.3 is 0 Å². The molecule has 2 N–H and O–H groups in total. The molecule has 1 aromatic carbocycles. The summed E-state index contributed by atoms with van der Waals surface area (Å²) in [6, 6.07) is 5.79. The summed E-state index contributed by atoms with van der Waals surface area (Å²) in [6.45, 7) is 0. The van der Waals surface area contributed by atoms with Crippen molar-refractivity contribution in [1.29, 1.82) is 0 Å². The van der Waals surface area contributed by atoms with Crippen molar-refractivity contribution in [3.8, 4) is 0 Å². The zero-order valence-corrected chi connectivity index (χ0v) is 9.23. The van der Waals surface area contributed by atoms with Gasteiger partial charge in [-0.15, -0.1) is 0 Å². The minimum absolute atomic E-state index is 0.892. The van der Waals surface area contributed by atoms with E-state index in [9.17, 15) is 0 Å². The van der Waals surface area contributed by atoms with E-state index in [-0.39, 0.29) is 0 Å². The van der Waals surface area contributed by atoms with Gasteiger partial charge in [0.1, 0.15) is 5.69 Å². The van der Waals surface area contributed by atoms with Gasteiger partial charge in [-0.05, 0) is 28.1 Å². The van der Waals surface area contributed by atoms with Gasteiger partial charge in [-0.2, -0.15) is 0 Å². The molecule has 0 fully saturated rings. The molecule has 1 heterocycles. The fourth-order valence-electron chi connectivity index (χ4n) is 1.37. The third kappa shape index (κ3) is 1.39. The lowest BCUT2D eigenvalue weighted by Crippen LogP contribution is -2.31. The molecule has 0 amide bonds. The van der Waals surface area contributed by atoms with Crippen LogP contribution in [0.2, 0.25) is 0 Å². The zero-order chi connectivity index (χ0) is 10.1. The van der Waals surface area contributed by atoms with Gasteiger partial charge in [0, 0.05) is 10.7 Å². The highest BCUT2D eigenvalue weighted by Crippen LogP contribution is 2.38. The molecule has 0 spiro atoms. The standard InChI is InChI=1S/C9H10BrN3O/c1-14-13-6-5-12(11)8-4-2-3-7(10)9(8)13/h2-6H,11H2,1H3. The summed E-state index contributed by atoms with van der Waals surface area (Å²) in [5.74, 6) is 5.78. The van der Waals surface area contributed by atoms with Crippen molar-refractivity contribution in [3.63, 3.8) is 0 Å². The number of hydrazine groups is 1. The van der Waals surface area contributed by atoms with Gasteiger partial charge in [0.05, 0.1) is 19.0 Å². The van der Waals surface area contributed by atoms with E-state index in [0.717, 1.165) is 15.8 Å². The van der Waals surface area contributed by atoms with Gasteiger partial charge in [0.25, 0.3) is 0 Å². The first kappa shape index (κ1) is 9.51. The van der Waals surface area contributed by atoms with E-state index in [1.807, 2.05) is 18.2 Å². The normalized spacial score (nSPS) is 14.5.